The second-order valence-corrected chi connectivity index (χ2v) is 9.55. The summed E-state index contributed by atoms with van der Waals surface area (Å²) < 4.78 is 5.12. The van der Waals surface area contributed by atoms with Crippen LogP contribution < -0.4 is 16.4 Å². The normalized spacial score (nSPS) is 33.6. The molecule has 2 aliphatic heterocycles. The Morgan fingerprint density at radius 2 is 1.91 bits per heavy atom. The maximum atomic E-state index is 13.3. The molecular weight excluding hydrogens is 412 g/mol. The number of carbonyl (C=O) groups is 4. The highest BCUT2D eigenvalue weighted by Crippen LogP contribution is 2.46. The molecule has 0 aromatic heterocycles. The van der Waals surface area contributed by atoms with E-state index in [0.717, 1.165) is 44.9 Å². The van der Waals surface area contributed by atoms with Crippen LogP contribution in [0.4, 0.5) is 4.79 Å². The van der Waals surface area contributed by atoms with Gasteiger partial charge in [-0.3, -0.25) is 14.4 Å². The Labute approximate surface area is 188 Å². The molecule has 0 aromatic carbocycles. The molecule has 4 aliphatic rings. The van der Waals surface area contributed by atoms with Crippen LogP contribution in [0.2, 0.25) is 0 Å². The summed E-state index contributed by atoms with van der Waals surface area (Å²) in [6.07, 6.45) is 10.8. The maximum absolute atomic E-state index is 13.3. The molecule has 2 heterocycles. The van der Waals surface area contributed by atoms with Gasteiger partial charge >= 0.3 is 6.09 Å². The van der Waals surface area contributed by atoms with Gasteiger partial charge in [-0.15, -0.1) is 0 Å². The van der Waals surface area contributed by atoms with E-state index in [1.807, 2.05) is 0 Å². The molecule has 9 heteroatoms. The Morgan fingerprint density at radius 3 is 2.62 bits per heavy atom. The van der Waals surface area contributed by atoms with Gasteiger partial charge in [0, 0.05) is 18.5 Å². The number of nitrogens with two attached hydrogens (primary N) is 1. The van der Waals surface area contributed by atoms with Gasteiger partial charge in [0.05, 0.1) is 0 Å². The van der Waals surface area contributed by atoms with Gasteiger partial charge in [0.15, 0.2) is 6.10 Å². The van der Waals surface area contributed by atoms with Gasteiger partial charge in [0.1, 0.15) is 11.6 Å². The molecule has 9 nitrogen and oxygen atoms in total. The molecule has 0 spiro atoms. The van der Waals surface area contributed by atoms with E-state index in [4.69, 9.17) is 10.5 Å². The van der Waals surface area contributed by atoms with E-state index in [-0.39, 0.29) is 29.7 Å². The lowest BCUT2D eigenvalue weighted by atomic mass is 9.92. The lowest BCUT2D eigenvalue weighted by molar-refractivity contribution is -0.146. The molecular formula is C23H34N4O5. The van der Waals surface area contributed by atoms with Crippen molar-refractivity contribution in [3.05, 3.63) is 12.2 Å². The third-order valence-electron chi connectivity index (χ3n) is 7.28. The summed E-state index contributed by atoms with van der Waals surface area (Å²) in [5.74, 6) is -0.855. The van der Waals surface area contributed by atoms with Gasteiger partial charge in [0.2, 0.25) is 11.8 Å². The van der Waals surface area contributed by atoms with Crippen molar-refractivity contribution in [2.24, 2.45) is 11.7 Å². The quantitative estimate of drug-likeness (QED) is 0.566. The first-order chi connectivity index (χ1) is 15.4. The van der Waals surface area contributed by atoms with Crippen molar-refractivity contribution >= 4 is 23.8 Å². The number of amides is 4. The predicted molar refractivity (Wildman–Crippen MR) is 116 cm³/mol. The summed E-state index contributed by atoms with van der Waals surface area (Å²) in [6, 6.07) is -0.489. The number of nitrogens with one attached hydrogen (secondary N) is 2. The Balaban J connectivity index is 1.54. The van der Waals surface area contributed by atoms with Crippen LogP contribution in [0.3, 0.4) is 0 Å². The third-order valence-corrected chi connectivity index (χ3v) is 7.28. The van der Waals surface area contributed by atoms with E-state index in [0.29, 0.717) is 32.2 Å². The number of ether oxygens (including phenoxy) is 1. The molecule has 4 rings (SSSR count). The van der Waals surface area contributed by atoms with Gasteiger partial charge in [-0.2, -0.15) is 0 Å². The zero-order chi connectivity index (χ0) is 22.7. The Morgan fingerprint density at radius 1 is 1.09 bits per heavy atom. The largest absolute Gasteiger partial charge is 0.436 e. The highest BCUT2D eigenvalue weighted by molar-refractivity contribution is 5.98. The van der Waals surface area contributed by atoms with E-state index in [1.165, 1.54) is 4.90 Å². The second-order valence-electron chi connectivity index (χ2n) is 9.55. The first kappa shape index (κ1) is 22.6. The average molecular weight is 447 g/mol. The first-order valence-electron chi connectivity index (χ1n) is 12.0. The number of carbonyl (C=O) groups excluding carboxylic acids is 4. The van der Waals surface area contributed by atoms with Crippen molar-refractivity contribution in [1.82, 2.24) is 15.5 Å². The van der Waals surface area contributed by atoms with E-state index in [9.17, 15) is 19.2 Å². The number of primary amides is 1. The van der Waals surface area contributed by atoms with Crippen LogP contribution in [-0.2, 0) is 19.1 Å². The van der Waals surface area contributed by atoms with Gasteiger partial charge in [0.25, 0.3) is 5.91 Å². The standard InChI is InChI=1S/C23H34N4O5/c24-22(31)32-18-12-5-3-1-2-4-8-15-14-23(15,21(30)25-16-9-6-10-16)26-19(28)17-11-7-13-27(17)20(18)29/h4,8,15-18H,1-3,5-7,9-14H2,(H2,24,31)(H,25,30)(H,26,28). The van der Waals surface area contributed by atoms with Crippen molar-refractivity contribution in [3.8, 4) is 0 Å². The van der Waals surface area contributed by atoms with Crippen molar-refractivity contribution in [1.29, 1.82) is 0 Å². The molecule has 2 saturated carbocycles. The van der Waals surface area contributed by atoms with Crippen LogP contribution in [0.15, 0.2) is 12.2 Å². The Bertz CT molecular complexity index is 795. The summed E-state index contributed by atoms with van der Waals surface area (Å²) in [4.78, 5) is 52.4. The SMILES string of the molecule is NC(=O)OC1CCCCCC=CC2CC2(C(=O)NC2CCC2)NC(=O)C2CCCN2C1=O. The number of allylic oxidation sites excluding steroid dienone is 1. The Kier molecular flexibility index (Phi) is 6.71. The monoisotopic (exact) mass is 446 g/mol. The van der Waals surface area contributed by atoms with Crippen molar-refractivity contribution in [2.75, 3.05) is 6.54 Å². The molecule has 0 aromatic rings. The van der Waals surface area contributed by atoms with Crippen molar-refractivity contribution in [2.45, 2.75) is 94.4 Å². The highest BCUT2D eigenvalue weighted by atomic mass is 16.6. The zero-order valence-corrected chi connectivity index (χ0v) is 18.5. The van der Waals surface area contributed by atoms with Crippen LogP contribution in [0.25, 0.3) is 0 Å². The second kappa shape index (κ2) is 9.50. The van der Waals surface area contributed by atoms with Gasteiger partial charge in [-0.05, 0) is 64.2 Å². The number of hydrogen-bond acceptors (Lipinski definition) is 5. The number of rotatable bonds is 3. The van der Waals surface area contributed by atoms with E-state index < -0.39 is 23.8 Å². The average Bonchev–Trinajstić information content (AvgIpc) is 3.18. The lowest BCUT2D eigenvalue weighted by Crippen LogP contribution is -2.58. The first-order valence-corrected chi connectivity index (χ1v) is 12.0. The smallest absolute Gasteiger partial charge is 0.405 e. The zero-order valence-electron chi connectivity index (χ0n) is 18.5. The van der Waals surface area contributed by atoms with E-state index >= 15 is 0 Å². The fourth-order valence-electron chi connectivity index (χ4n) is 5.04. The topological polar surface area (TPSA) is 131 Å². The van der Waals surface area contributed by atoms with Crippen molar-refractivity contribution in [3.63, 3.8) is 0 Å². The maximum Gasteiger partial charge on any atom is 0.405 e. The fourth-order valence-corrected chi connectivity index (χ4v) is 5.04. The summed E-state index contributed by atoms with van der Waals surface area (Å²) in [7, 11) is 0. The summed E-state index contributed by atoms with van der Waals surface area (Å²) >= 11 is 0. The Hall–Kier alpha value is -2.58. The summed E-state index contributed by atoms with van der Waals surface area (Å²) in [6.45, 7) is 0.417. The van der Waals surface area contributed by atoms with Crippen LogP contribution in [0.5, 0.6) is 0 Å². The fraction of sp³-hybridized carbons (Fsp3) is 0.739. The molecule has 1 saturated heterocycles. The van der Waals surface area contributed by atoms with Gasteiger partial charge in [-0.1, -0.05) is 18.6 Å². The van der Waals surface area contributed by atoms with Gasteiger partial charge in [-0.25, -0.2) is 4.79 Å². The molecule has 0 bridgehead atoms. The van der Waals surface area contributed by atoms with E-state index in [2.05, 4.69) is 22.8 Å². The van der Waals surface area contributed by atoms with Crippen LogP contribution in [-0.4, -0.2) is 59.0 Å². The molecule has 4 amide bonds. The van der Waals surface area contributed by atoms with Crippen molar-refractivity contribution < 1.29 is 23.9 Å². The molecule has 4 N–H and O–H groups in total. The van der Waals surface area contributed by atoms with Crippen LogP contribution >= 0.6 is 0 Å². The summed E-state index contributed by atoms with van der Waals surface area (Å²) in [5, 5.41) is 6.10. The molecule has 2 aliphatic carbocycles. The van der Waals surface area contributed by atoms with Crippen LogP contribution in [0, 0.1) is 5.92 Å². The number of nitrogens with zero attached hydrogens (tertiary/aromatic N) is 1. The third kappa shape index (κ3) is 4.76. The lowest BCUT2D eigenvalue weighted by Gasteiger charge is -2.31. The highest BCUT2D eigenvalue weighted by Gasteiger charge is 2.61. The molecule has 4 unspecified atom stereocenters. The molecule has 32 heavy (non-hydrogen) atoms. The number of fused-ring (bicyclic) bond motifs is 2. The number of hydrogen-bond donors (Lipinski definition) is 3. The molecule has 3 fully saturated rings. The minimum Gasteiger partial charge on any atom is -0.436 e. The summed E-state index contributed by atoms with van der Waals surface area (Å²) in [5.41, 5.74) is 4.26. The predicted octanol–water partition coefficient (Wildman–Crippen LogP) is 1.51. The molecule has 176 valence electrons. The van der Waals surface area contributed by atoms with Crippen LogP contribution in [0.1, 0.15) is 70.6 Å². The minimum absolute atomic E-state index is 0.0341. The molecule has 4 atom stereocenters. The van der Waals surface area contributed by atoms with E-state index in [1.54, 1.807) is 0 Å². The van der Waals surface area contributed by atoms with Gasteiger partial charge < -0.3 is 26.0 Å². The molecule has 0 radical (unpaired) electrons. The minimum atomic E-state index is -0.989.